The Morgan fingerprint density at radius 1 is 1.32 bits per heavy atom. The van der Waals surface area contributed by atoms with Gasteiger partial charge in [-0.1, -0.05) is 24.8 Å². The summed E-state index contributed by atoms with van der Waals surface area (Å²) in [6, 6.07) is 2.91. The number of aromatic amines is 1. The molecule has 1 amide bonds. The van der Waals surface area contributed by atoms with Gasteiger partial charge in [-0.15, -0.1) is 0 Å². The number of amides is 1. The Morgan fingerprint density at radius 3 is 2.65 bits per heavy atom. The number of aromatic nitrogens is 1. The molecule has 1 saturated carbocycles. The molecule has 3 atom stereocenters. The number of carbonyl (C=O) groups is 2. The van der Waals surface area contributed by atoms with Gasteiger partial charge in [-0.05, 0) is 37.4 Å². The normalized spacial score (nSPS) is 20.9. The number of methoxy groups -OCH3 is 1. The molecule has 198 valence electrons. The lowest BCUT2D eigenvalue weighted by Gasteiger charge is -2.36. The minimum atomic E-state index is -1.17. The molecule has 0 saturated heterocycles. The van der Waals surface area contributed by atoms with Gasteiger partial charge in [-0.2, -0.15) is 0 Å². The molecule has 0 spiro atoms. The maximum atomic E-state index is 13.9. The number of H-pyrrole nitrogens is 1. The second-order valence-electron chi connectivity index (χ2n) is 8.71. The van der Waals surface area contributed by atoms with Crippen molar-refractivity contribution in [3.8, 4) is 5.75 Å². The van der Waals surface area contributed by atoms with Crippen molar-refractivity contribution in [1.29, 1.82) is 10.8 Å². The van der Waals surface area contributed by atoms with Crippen LogP contribution in [-0.4, -0.2) is 51.9 Å². The van der Waals surface area contributed by atoms with E-state index in [4.69, 9.17) is 15.6 Å². The summed E-state index contributed by atoms with van der Waals surface area (Å²) in [6.45, 7) is 1.85. The van der Waals surface area contributed by atoms with Crippen LogP contribution in [0.1, 0.15) is 41.4 Å². The number of pyridine rings is 1. The Balaban J connectivity index is 1.78. The zero-order valence-electron chi connectivity index (χ0n) is 20.3. The van der Waals surface area contributed by atoms with Crippen molar-refractivity contribution in [1.82, 2.24) is 15.6 Å². The van der Waals surface area contributed by atoms with E-state index in [0.29, 0.717) is 30.7 Å². The molecule has 0 radical (unpaired) electrons. The molecule has 37 heavy (non-hydrogen) atoms. The van der Waals surface area contributed by atoms with Gasteiger partial charge in [0.05, 0.1) is 23.6 Å². The Bertz CT molecular complexity index is 1320. The van der Waals surface area contributed by atoms with Crippen molar-refractivity contribution in [2.75, 3.05) is 14.2 Å². The summed E-state index contributed by atoms with van der Waals surface area (Å²) in [5.41, 5.74) is -2.93. The molecule has 13 heteroatoms. The van der Waals surface area contributed by atoms with Gasteiger partial charge < -0.3 is 20.1 Å². The molecule has 1 heterocycles. The lowest BCUT2D eigenvalue weighted by atomic mass is 9.90. The van der Waals surface area contributed by atoms with Crippen molar-refractivity contribution < 1.29 is 28.2 Å². The Morgan fingerprint density at radius 2 is 2.03 bits per heavy atom. The summed E-state index contributed by atoms with van der Waals surface area (Å²) in [5, 5.41) is 31.7. The van der Waals surface area contributed by atoms with Crippen LogP contribution in [0.3, 0.4) is 0 Å². The third-order valence-corrected chi connectivity index (χ3v) is 7.27. The second kappa shape index (κ2) is 11.2. The molecule has 3 rings (SSSR count). The van der Waals surface area contributed by atoms with Crippen LogP contribution in [0.5, 0.6) is 5.75 Å². The number of hydrogen-bond donors (Lipinski definition) is 6. The molecule has 10 nitrogen and oxygen atoms in total. The highest BCUT2D eigenvalue weighted by molar-refractivity contribution is 8.26. The van der Waals surface area contributed by atoms with E-state index in [9.17, 15) is 28.3 Å². The zero-order valence-corrected chi connectivity index (χ0v) is 21.1. The van der Waals surface area contributed by atoms with Gasteiger partial charge in [0.25, 0.3) is 5.91 Å². The van der Waals surface area contributed by atoms with Crippen molar-refractivity contribution in [2.45, 2.75) is 31.8 Å². The number of thioether (sulfide) groups is 1. The van der Waals surface area contributed by atoms with Crippen molar-refractivity contribution in [3.05, 3.63) is 63.1 Å². The molecule has 2 unspecified atom stereocenters. The van der Waals surface area contributed by atoms with Gasteiger partial charge in [0.2, 0.25) is 5.43 Å². The van der Waals surface area contributed by atoms with Crippen LogP contribution in [0.2, 0.25) is 0 Å². The second-order valence-corrected chi connectivity index (χ2v) is 9.82. The summed E-state index contributed by atoms with van der Waals surface area (Å²) >= 11 is 0.546. The number of hydrogen-bond acceptors (Lipinski definition) is 9. The van der Waals surface area contributed by atoms with Gasteiger partial charge >= 0.3 is 5.97 Å². The van der Waals surface area contributed by atoms with E-state index in [0.717, 1.165) is 12.3 Å². The highest BCUT2D eigenvalue weighted by atomic mass is 32.2. The summed E-state index contributed by atoms with van der Waals surface area (Å²) in [7, 11) is 2.83. The van der Waals surface area contributed by atoms with Gasteiger partial charge in [0, 0.05) is 18.7 Å². The monoisotopic (exact) mass is 535 g/mol. The molecule has 1 aromatic carbocycles. The molecule has 1 fully saturated rings. The Labute approximate surface area is 215 Å². The summed E-state index contributed by atoms with van der Waals surface area (Å²) in [4.78, 5) is 40.7. The number of ether oxygens (including phenoxy) is 1. The summed E-state index contributed by atoms with van der Waals surface area (Å²) in [5.74, 6) is -4.72. The fourth-order valence-corrected chi connectivity index (χ4v) is 5.22. The van der Waals surface area contributed by atoms with Gasteiger partial charge in [0.15, 0.2) is 11.4 Å². The number of esters is 1. The number of aromatic hydroxyl groups is 1. The van der Waals surface area contributed by atoms with E-state index >= 15 is 0 Å². The highest BCUT2D eigenvalue weighted by Gasteiger charge is 2.51. The average Bonchev–Trinajstić information content (AvgIpc) is 3.17. The fourth-order valence-electron chi connectivity index (χ4n) is 4.49. The van der Waals surface area contributed by atoms with E-state index in [1.54, 1.807) is 7.05 Å². The smallest absolute Gasteiger partial charge is 0.312 e. The molecule has 1 aliphatic rings. The Hall–Kier alpha value is -3.58. The third kappa shape index (κ3) is 5.72. The molecular weight excluding hydrogens is 508 g/mol. The maximum absolute atomic E-state index is 13.9. The topological polar surface area (TPSA) is 168 Å². The van der Waals surface area contributed by atoms with Crippen LogP contribution in [0.25, 0.3) is 0 Å². The van der Waals surface area contributed by atoms with E-state index < -0.39 is 57.0 Å². The molecular formula is C24H27F2N5O5S. The number of nitrogens with one attached hydrogen (secondary N) is 5. The molecule has 2 aromatic rings. The van der Waals surface area contributed by atoms with Gasteiger partial charge in [-0.3, -0.25) is 30.5 Å². The predicted molar refractivity (Wildman–Crippen MR) is 134 cm³/mol. The first-order chi connectivity index (χ1) is 17.4. The number of carbonyl (C=O) groups excluding carboxylic acids is 2. The maximum Gasteiger partial charge on any atom is 0.312 e. The van der Waals surface area contributed by atoms with Crippen molar-refractivity contribution >= 4 is 33.7 Å². The number of rotatable bonds is 7. The van der Waals surface area contributed by atoms with Crippen LogP contribution in [0.15, 0.2) is 29.2 Å². The summed E-state index contributed by atoms with van der Waals surface area (Å²) in [6.07, 6.45) is 1.83. The van der Waals surface area contributed by atoms with Crippen LogP contribution in [0, 0.1) is 34.3 Å². The van der Waals surface area contributed by atoms with E-state index in [1.165, 1.54) is 13.2 Å². The fraction of sp³-hybridized carbons (Fsp3) is 0.375. The number of halogens is 2. The molecule has 0 bridgehead atoms. The van der Waals surface area contributed by atoms with E-state index in [2.05, 4.69) is 15.6 Å². The average molecular weight is 536 g/mol. The molecule has 1 aliphatic carbocycles. The SMILES string of the molecule is CNC1(NC(=O)c2[nH]cc(C(=N)SC(=N)Cc3ccc(F)cc3F)c(=O)c2O)CC[C@@H](C)C1C(=O)OC. The minimum absolute atomic E-state index is 0.0421. The van der Waals surface area contributed by atoms with Crippen molar-refractivity contribution in [2.24, 2.45) is 11.8 Å². The Kier molecular flexibility index (Phi) is 8.49. The van der Waals surface area contributed by atoms with Crippen LogP contribution < -0.4 is 16.1 Å². The molecule has 6 N–H and O–H groups in total. The zero-order chi connectivity index (χ0) is 27.5. The van der Waals surface area contributed by atoms with E-state index in [1.807, 2.05) is 6.92 Å². The quantitative estimate of drug-likeness (QED) is 0.137. The molecule has 0 aliphatic heterocycles. The van der Waals surface area contributed by atoms with Crippen LogP contribution in [0.4, 0.5) is 8.78 Å². The largest absolute Gasteiger partial charge is 0.503 e. The predicted octanol–water partition coefficient (Wildman–Crippen LogP) is 2.50. The molecule has 1 aromatic heterocycles. The first-order valence-corrected chi connectivity index (χ1v) is 12.1. The minimum Gasteiger partial charge on any atom is -0.503 e. The first-order valence-electron chi connectivity index (χ1n) is 11.3. The third-order valence-electron chi connectivity index (χ3n) is 6.45. The lowest BCUT2D eigenvalue weighted by molar-refractivity contribution is -0.149. The van der Waals surface area contributed by atoms with E-state index in [-0.39, 0.29) is 28.5 Å². The first kappa shape index (κ1) is 28.0. The number of benzene rings is 1. The summed E-state index contributed by atoms with van der Waals surface area (Å²) < 4.78 is 31.8. The van der Waals surface area contributed by atoms with Crippen molar-refractivity contribution in [3.63, 3.8) is 0 Å². The van der Waals surface area contributed by atoms with Gasteiger partial charge in [0.1, 0.15) is 22.3 Å². The van der Waals surface area contributed by atoms with Crippen LogP contribution in [-0.2, 0) is 16.0 Å². The highest BCUT2D eigenvalue weighted by Crippen LogP contribution is 2.39. The van der Waals surface area contributed by atoms with Crippen LogP contribution >= 0.6 is 11.8 Å². The van der Waals surface area contributed by atoms with Gasteiger partial charge in [-0.25, -0.2) is 8.78 Å². The lowest BCUT2D eigenvalue weighted by Crippen LogP contribution is -2.62. The standard InChI is InChI=1S/C24H27F2N5O5S/c1-11-6-7-24(29-2,17(11)23(35)36-3)31-22(34)18-20(33)19(32)14(10-30-18)21(28)37-16(27)8-12-4-5-13(25)9-15(12)26/h4-5,9-11,17,27-29,33H,6-8H2,1-3H3,(H,30,32)(H,31,34)/t11-,17?,24?/m1/s1.